The molecule has 3 rings (SSSR count). The molecule has 2 aromatic carbocycles. The molecular formula is C18H17NO2. The summed E-state index contributed by atoms with van der Waals surface area (Å²) >= 11 is 0. The molecule has 3 heteroatoms. The molecule has 0 aliphatic heterocycles. The van der Waals surface area contributed by atoms with Gasteiger partial charge in [-0.2, -0.15) is 0 Å². The molecule has 0 fully saturated rings. The van der Waals surface area contributed by atoms with Crippen LogP contribution in [0.2, 0.25) is 0 Å². The minimum Gasteiger partial charge on any atom is -0.496 e. The van der Waals surface area contributed by atoms with Crippen LogP contribution in [-0.2, 0) is 6.42 Å². The minimum absolute atomic E-state index is 0.0922. The zero-order valence-electron chi connectivity index (χ0n) is 12.1. The number of benzene rings is 2. The third-order valence-corrected chi connectivity index (χ3v) is 3.68. The zero-order chi connectivity index (χ0) is 14.8. The molecule has 3 nitrogen and oxygen atoms in total. The molecule has 0 amide bonds. The molecule has 21 heavy (non-hydrogen) atoms. The molecule has 0 atom stereocenters. The number of ketones is 1. The molecule has 0 bridgehead atoms. The third kappa shape index (κ3) is 2.55. The number of H-pyrrole nitrogens is 1. The lowest BCUT2D eigenvalue weighted by Crippen LogP contribution is -2.04. The highest BCUT2D eigenvalue weighted by molar-refractivity contribution is 6.08. The first-order valence-corrected chi connectivity index (χ1v) is 6.92. The minimum atomic E-state index is 0.0922. The van der Waals surface area contributed by atoms with Gasteiger partial charge in [0.05, 0.1) is 7.11 Å². The van der Waals surface area contributed by atoms with Gasteiger partial charge in [0.1, 0.15) is 5.75 Å². The predicted octanol–water partition coefficient (Wildman–Crippen LogP) is 3.91. The second-order valence-electron chi connectivity index (χ2n) is 5.16. The predicted molar refractivity (Wildman–Crippen MR) is 84.1 cm³/mol. The van der Waals surface area contributed by atoms with Crippen molar-refractivity contribution in [3.63, 3.8) is 0 Å². The summed E-state index contributed by atoms with van der Waals surface area (Å²) in [5.41, 5.74) is 3.81. The van der Waals surface area contributed by atoms with Crippen LogP contribution >= 0.6 is 0 Å². The van der Waals surface area contributed by atoms with E-state index in [4.69, 9.17) is 4.74 Å². The summed E-state index contributed by atoms with van der Waals surface area (Å²) in [7, 11) is 1.62. The van der Waals surface area contributed by atoms with E-state index in [-0.39, 0.29) is 5.78 Å². The van der Waals surface area contributed by atoms with E-state index < -0.39 is 0 Å². The third-order valence-electron chi connectivity index (χ3n) is 3.68. The molecule has 106 valence electrons. The van der Waals surface area contributed by atoms with Gasteiger partial charge in [0, 0.05) is 34.6 Å². The van der Waals surface area contributed by atoms with Crippen molar-refractivity contribution in [3.8, 4) is 5.75 Å². The number of carbonyl (C=O) groups is 1. The Labute approximate surface area is 123 Å². The highest BCUT2D eigenvalue weighted by Crippen LogP contribution is 2.23. The Balaban J connectivity index is 1.94. The molecule has 1 aromatic heterocycles. The standard InChI is InChI=1S/C18H17NO2/c1-12-7-8-14-15(11-19-16(14)9-12)17(20)10-13-5-3-4-6-18(13)21-2/h3-9,11,19H,10H2,1-2H3. The topological polar surface area (TPSA) is 42.1 Å². The summed E-state index contributed by atoms with van der Waals surface area (Å²) in [4.78, 5) is 15.7. The molecule has 1 heterocycles. The van der Waals surface area contributed by atoms with Crippen molar-refractivity contribution in [2.24, 2.45) is 0 Å². The molecule has 0 saturated heterocycles. The van der Waals surface area contributed by atoms with Gasteiger partial charge < -0.3 is 9.72 Å². The van der Waals surface area contributed by atoms with Gasteiger partial charge in [-0.15, -0.1) is 0 Å². The monoisotopic (exact) mass is 279 g/mol. The molecule has 0 aliphatic carbocycles. The van der Waals surface area contributed by atoms with Crippen LogP contribution in [0.4, 0.5) is 0 Å². The Hall–Kier alpha value is -2.55. The van der Waals surface area contributed by atoms with Gasteiger partial charge >= 0.3 is 0 Å². The van der Waals surface area contributed by atoms with Crippen LogP contribution in [0.15, 0.2) is 48.7 Å². The molecule has 0 aliphatic rings. The number of nitrogens with one attached hydrogen (secondary N) is 1. The maximum atomic E-state index is 12.6. The van der Waals surface area contributed by atoms with Gasteiger partial charge in [-0.25, -0.2) is 0 Å². The summed E-state index contributed by atoms with van der Waals surface area (Å²) in [6.07, 6.45) is 2.13. The Morgan fingerprint density at radius 2 is 2.00 bits per heavy atom. The zero-order valence-corrected chi connectivity index (χ0v) is 12.1. The maximum absolute atomic E-state index is 12.6. The van der Waals surface area contributed by atoms with Crippen LogP contribution < -0.4 is 4.74 Å². The molecule has 1 N–H and O–H groups in total. The van der Waals surface area contributed by atoms with Crippen molar-refractivity contribution in [2.75, 3.05) is 7.11 Å². The van der Waals surface area contributed by atoms with Gasteiger partial charge in [0.2, 0.25) is 0 Å². The van der Waals surface area contributed by atoms with E-state index in [9.17, 15) is 4.79 Å². The number of rotatable bonds is 4. The van der Waals surface area contributed by atoms with Crippen molar-refractivity contribution in [1.82, 2.24) is 4.98 Å². The van der Waals surface area contributed by atoms with Crippen LogP contribution in [0.1, 0.15) is 21.5 Å². The van der Waals surface area contributed by atoms with E-state index >= 15 is 0 Å². The van der Waals surface area contributed by atoms with E-state index in [2.05, 4.69) is 11.1 Å². The number of carbonyl (C=O) groups excluding carboxylic acids is 1. The highest BCUT2D eigenvalue weighted by atomic mass is 16.5. The summed E-state index contributed by atoms with van der Waals surface area (Å²) < 4.78 is 5.31. The number of fused-ring (bicyclic) bond motifs is 1. The fraction of sp³-hybridized carbons (Fsp3) is 0.167. The Morgan fingerprint density at radius 1 is 1.19 bits per heavy atom. The first kappa shape index (κ1) is 13.4. The van der Waals surface area contributed by atoms with Gasteiger partial charge in [0.25, 0.3) is 0 Å². The van der Waals surface area contributed by atoms with E-state index in [1.165, 1.54) is 5.56 Å². The van der Waals surface area contributed by atoms with E-state index in [1.807, 2.05) is 43.3 Å². The normalized spacial score (nSPS) is 10.8. The number of hydrogen-bond donors (Lipinski definition) is 1. The van der Waals surface area contributed by atoms with E-state index in [1.54, 1.807) is 13.3 Å². The number of hydrogen-bond acceptors (Lipinski definition) is 2. The largest absolute Gasteiger partial charge is 0.496 e. The van der Waals surface area contributed by atoms with Gasteiger partial charge in [0.15, 0.2) is 5.78 Å². The number of aromatic amines is 1. The van der Waals surface area contributed by atoms with Crippen LogP contribution in [0.3, 0.4) is 0 Å². The first-order chi connectivity index (χ1) is 10.2. The summed E-state index contributed by atoms with van der Waals surface area (Å²) in [5, 5.41) is 0.973. The Bertz CT molecular complexity index is 802. The smallest absolute Gasteiger partial charge is 0.169 e. The Morgan fingerprint density at radius 3 is 2.81 bits per heavy atom. The maximum Gasteiger partial charge on any atom is 0.169 e. The Kier molecular flexibility index (Phi) is 3.48. The van der Waals surface area contributed by atoms with Crippen LogP contribution in [-0.4, -0.2) is 17.9 Å². The summed E-state index contributed by atoms with van der Waals surface area (Å²) in [6, 6.07) is 13.7. The van der Waals surface area contributed by atoms with Crippen LogP contribution in [0.5, 0.6) is 5.75 Å². The SMILES string of the molecule is COc1ccccc1CC(=O)c1c[nH]c2cc(C)ccc12. The number of ether oxygens (including phenoxy) is 1. The molecule has 0 spiro atoms. The fourth-order valence-electron chi connectivity index (χ4n) is 2.59. The number of Topliss-reactive ketones (excluding diaryl/α,β-unsaturated/α-hetero) is 1. The number of methoxy groups -OCH3 is 1. The van der Waals surface area contributed by atoms with Crippen molar-refractivity contribution in [2.45, 2.75) is 13.3 Å². The number of aromatic nitrogens is 1. The quantitative estimate of drug-likeness (QED) is 0.736. The second-order valence-corrected chi connectivity index (χ2v) is 5.16. The molecular weight excluding hydrogens is 262 g/mol. The average Bonchev–Trinajstić information content (AvgIpc) is 2.90. The fourth-order valence-corrected chi connectivity index (χ4v) is 2.59. The van der Waals surface area contributed by atoms with Crippen molar-refractivity contribution >= 4 is 16.7 Å². The lowest BCUT2D eigenvalue weighted by molar-refractivity contribution is 0.0993. The number of aryl methyl sites for hydroxylation is 1. The van der Waals surface area contributed by atoms with Gasteiger partial charge in [-0.1, -0.05) is 30.3 Å². The highest BCUT2D eigenvalue weighted by Gasteiger charge is 2.14. The van der Waals surface area contributed by atoms with Gasteiger partial charge in [-0.3, -0.25) is 4.79 Å². The van der Waals surface area contributed by atoms with E-state index in [0.717, 1.165) is 27.8 Å². The van der Waals surface area contributed by atoms with Crippen LogP contribution in [0.25, 0.3) is 10.9 Å². The van der Waals surface area contributed by atoms with Crippen molar-refractivity contribution in [3.05, 3.63) is 65.4 Å². The molecule has 0 saturated carbocycles. The summed E-state index contributed by atoms with van der Waals surface area (Å²) in [5.74, 6) is 0.844. The van der Waals surface area contributed by atoms with Crippen LogP contribution in [0, 0.1) is 6.92 Å². The first-order valence-electron chi connectivity index (χ1n) is 6.92. The molecule has 3 aromatic rings. The molecule has 0 radical (unpaired) electrons. The van der Waals surface area contributed by atoms with Gasteiger partial charge in [-0.05, 0) is 24.6 Å². The van der Waals surface area contributed by atoms with E-state index in [0.29, 0.717) is 6.42 Å². The summed E-state index contributed by atoms with van der Waals surface area (Å²) in [6.45, 7) is 2.04. The van der Waals surface area contributed by atoms with Crippen molar-refractivity contribution in [1.29, 1.82) is 0 Å². The molecule has 0 unspecified atom stereocenters. The van der Waals surface area contributed by atoms with Crippen molar-refractivity contribution < 1.29 is 9.53 Å². The average molecular weight is 279 g/mol. The number of para-hydroxylation sites is 1. The lowest BCUT2D eigenvalue weighted by Gasteiger charge is -2.07. The second kappa shape index (κ2) is 5.44. The lowest BCUT2D eigenvalue weighted by atomic mass is 10.0.